The summed E-state index contributed by atoms with van der Waals surface area (Å²) in [5.74, 6) is 1.76. The molecule has 0 saturated carbocycles. The van der Waals surface area contributed by atoms with E-state index in [0.29, 0.717) is 28.9 Å². The number of pyridine rings is 1. The molecule has 0 fully saturated rings. The van der Waals surface area contributed by atoms with E-state index in [9.17, 15) is 0 Å². The third kappa shape index (κ3) is 4.69. The Kier molecular flexibility index (Phi) is 6.40. The molecule has 8 aromatic rings. The molecular weight excluding hydrogens is 552 g/mol. The molecule has 0 bridgehead atoms. The Morgan fingerprint density at radius 2 is 0.978 bits per heavy atom. The van der Waals surface area contributed by atoms with Gasteiger partial charge in [-0.25, -0.2) is 24.3 Å². The van der Waals surface area contributed by atoms with Crippen LogP contribution >= 0.6 is 0 Å². The second-order valence-electron chi connectivity index (χ2n) is 10.7. The molecule has 0 saturated heterocycles. The quantitative estimate of drug-likeness (QED) is 0.191. The van der Waals surface area contributed by atoms with Gasteiger partial charge < -0.3 is 0 Å². The van der Waals surface area contributed by atoms with Gasteiger partial charge in [0, 0.05) is 22.3 Å². The largest absolute Gasteiger partial charge is 0.243 e. The van der Waals surface area contributed by atoms with Gasteiger partial charge in [0.1, 0.15) is 5.69 Å². The summed E-state index contributed by atoms with van der Waals surface area (Å²) < 4.78 is 1.91. The van der Waals surface area contributed by atoms with Crippen LogP contribution in [0.4, 0.5) is 5.69 Å². The number of rotatable bonds is 5. The Morgan fingerprint density at radius 3 is 1.51 bits per heavy atom. The van der Waals surface area contributed by atoms with Gasteiger partial charge in [-0.2, -0.15) is 5.10 Å². The Morgan fingerprint density at radius 1 is 0.489 bits per heavy atom. The normalized spacial score (nSPS) is 11.1. The van der Waals surface area contributed by atoms with Gasteiger partial charge in [0.15, 0.2) is 17.5 Å². The molecule has 3 aromatic heterocycles. The van der Waals surface area contributed by atoms with Gasteiger partial charge in [-0.15, -0.1) is 0 Å². The number of nitrogens with zero attached hydrogens (tertiary/aromatic N) is 6. The van der Waals surface area contributed by atoms with Gasteiger partial charge in [0.25, 0.3) is 0 Å². The molecule has 6 heteroatoms. The summed E-state index contributed by atoms with van der Waals surface area (Å²) in [5.41, 5.74) is 7.38. The van der Waals surface area contributed by atoms with Crippen molar-refractivity contribution in [1.29, 1.82) is 0 Å². The maximum atomic E-state index is 8.29. The van der Waals surface area contributed by atoms with Gasteiger partial charge in [-0.05, 0) is 28.5 Å². The monoisotopic (exact) mass is 576 g/mol. The van der Waals surface area contributed by atoms with Crippen molar-refractivity contribution in [1.82, 2.24) is 24.6 Å². The predicted molar refractivity (Wildman–Crippen MR) is 180 cm³/mol. The van der Waals surface area contributed by atoms with E-state index in [1.165, 1.54) is 0 Å². The maximum Gasteiger partial charge on any atom is 0.240 e. The fourth-order valence-electron chi connectivity index (χ4n) is 5.71. The maximum absolute atomic E-state index is 8.29. The van der Waals surface area contributed by atoms with E-state index in [2.05, 4.69) is 35.2 Å². The minimum atomic E-state index is 0.506. The molecule has 0 amide bonds. The number of benzene rings is 5. The van der Waals surface area contributed by atoms with E-state index in [0.717, 1.165) is 49.8 Å². The van der Waals surface area contributed by atoms with Gasteiger partial charge in [-0.3, -0.25) is 0 Å². The predicted octanol–water partition coefficient (Wildman–Crippen LogP) is 9.56. The Bertz CT molecular complexity index is 2300. The van der Waals surface area contributed by atoms with Crippen LogP contribution in [0.15, 0.2) is 146 Å². The van der Waals surface area contributed by atoms with Gasteiger partial charge >= 0.3 is 0 Å². The molecular formula is C39H24N6. The standard InChI is InChI=1S/C39H24N6/c1-40-35-34(27-16-8-3-9-17-27)44-45-33(26-14-6-2-7-15-26)25-30-22-23-31(24-32(30)36(35)45)39-42-37(28-18-10-4-11-19-28)41-38(43-39)29-20-12-5-13-21-29/h2-25H. The molecule has 3 heterocycles. The van der Waals surface area contributed by atoms with E-state index < -0.39 is 0 Å². The van der Waals surface area contributed by atoms with Crippen LogP contribution in [0.1, 0.15) is 0 Å². The van der Waals surface area contributed by atoms with E-state index >= 15 is 0 Å². The third-order valence-corrected chi connectivity index (χ3v) is 7.88. The van der Waals surface area contributed by atoms with E-state index in [1.54, 1.807) is 0 Å². The fraction of sp³-hybridized carbons (Fsp3) is 0. The van der Waals surface area contributed by atoms with Crippen LogP contribution in [-0.2, 0) is 0 Å². The van der Waals surface area contributed by atoms with Gasteiger partial charge in [0.05, 0.1) is 17.8 Å². The lowest BCUT2D eigenvalue weighted by atomic mass is 10.0. The summed E-state index contributed by atoms with van der Waals surface area (Å²) in [6, 6.07) is 48.3. The second kappa shape index (κ2) is 11.0. The zero-order chi connectivity index (χ0) is 30.2. The van der Waals surface area contributed by atoms with Crippen molar-refractivity contribution in [2.75, 3.05) is 0 Å². The lowest BCUT2D eigenvalue weighted by Crippen LogP contribution is -2.00. The van der Waals surface area contributed by atoms with E-state index in [4.69, 9.17) is 26.6 Å². The lowest BCUT2D eigenvalue weighted by Gasteiger charge is -2.12. The molecule has 8 rings (SSSR count). The number of fused-ring (bicyclic) bond motifs is 3. The first kappa shape index (κ1) is 26.2. The summed E-state index contributed by atoms with van der Waals surface area (Å²) >= 11 is 0. The summed E-state index contributed by atoms with van der Waals surface area (Å²) in [5, 5.41) is 6.95. The third-order valence-electron chi connectivity index (χ3n) is 7.88. The van der Waals surface area contributed by atoms with E-state index in [-0.39, 0.29) is 0 Å². The summed E-state index contributed by atoms with van der Waals surface area (Å²) in [6.07, 6.45) is 0. The molecule has 45 heavy (non-hydrogen) atoms. The van der Waals surface area contributed by atoms with Gasteiger partial charge in [0.2, 0.25) is 5.69 Å². The van der Waals surface area contributed by atoms with Crippen LogP contribution in [0.3, 0.4) is 0 Å². The minimum absolute atomic E-state index is 0.506. The average molecular weight is 577 g/mol. The van der Waals surface area contributed by atoms with Crippen molar-refractivity contribution in [3.8, 4) is 56.7 Å². The van der Waals surface area contributed by atoms with E-state index in [1.807, 2.05) is 120 Å². The highest BCUT2D eigenvalue weighted by atomic mass is 15.2. The van der Waals surface area contributed by atoms with Crippen LogP contribution in [0, 0.1) is 6.57 Å². The zero-order valence-electron chi connectivity index (χ0n) is 24.0. The molecule has 0 aliphatic rings. The van der Waals surface area contributed by atoms with Crippen molar-refractivity contribution < 1.29 is 0 Å². The van der Waals surface area contributed by atoms with Crippen LogP contribution in [0.5, 0.6) is 0 Å². The first-order valence-corrected chi connectivity index (χ1v) is 14.6. The number of hydrogen-bond acceptors (Lipinski definition) is 4. The molecule has 0 aliphatic carbocycles. The molecule has 5 aromatic carbocycles. The topological polar surface area (TPSA) is 60.3 Å². The molecule has 0 spiro atoms. The Balaban J connectivity index is 1.41. The lowest BCUT2D eigenvalue weighted by molar-refractivity contribution is 0.979. The highest BCUT2D eigenvalue weighted by molar-refractivity contribution is 6.08. The highest BCUT2D eigenvalue weighted by Gasteiger charge is 2.21. The smallest absolute Gasteiger partial charge is 0.240 e. The average Bonchev–Trinajstić information content (AvgIpc) is 3.52. The number of aromatic nitrogens is 5. The first-order valence-electron chi connectivity index (χ1n) is 14.6. The van der Waals surface area contributed by atoms with Crippen molar-refractivity contribution in [2.24, 2.45) is 0 Å². The SMILES string of the molecule is [C-]#[N+]c1c(-c2ccccc2)nn2c(-c3ccccc3)cc3ccc(-c4nc(-c5ccccc5)nc(-c5ccccc5)n4)cc3c12. The van der Waals surface area contributed by atoms with Gasteiger partial charge in [-0.1, -0.05) is 133 Å². The van der Waals surface area contributed by atoms with Crippen molar-refractivity contribution in [3.63, 3.8) is 0 Å². The highest BCUT2D eigenvalue weighted by Crippen LogP contribution is 2.41. The fourth-order valence-corrected chi connectivity index (χ4v) is 5.71. The molecule has 6 nitrogen and oxygen atoms in total. The van der Waals surface area contributed by atoms with Crippen molar-refractivity contribution in [2.45, 2.75) is 0 Å². The minimum Gasteiger partial charge on any atom is -0.243 e. The second-order valence-corrected chi connectivity index (χ2v) is 10.7. The van der Waals surface area contributed by atoms with Crippen molar-refractivity contribution in [3.05, 3.63) is 157 Å². The molecule has 0 aliphatic heterocycles. The molecule has 0 unspecified atom stereocenters. The van der Waals surface area contributed by atoms with Crippen LogP contribution in [0.25, 0.3) is 77.8 Å². The Hall–Kier alpha value is -6.45. The molecule has 0 N–H and O–H groups in total. The molecule has 0 atom stereocenters. The zero-order valence-corrected chi connectivity index (χ0v) is 24.0. The summed E-state index contributed by atoms with van der Waals surface area (Å²) in [4.78, 5) is 18.8. The van der Waals surface area contributed by atoms with Crippen LogP contribution < -0.4 is 0 Å². The molecule has 210 valence electrons. The Labute approximate surface area is 259 Å². The van der Waals surface area contributed by atoms with Crippen molar-refractivity contribution >= 4 is 22.0 Å². The number of hydrogen-bond donors (Lipinski definition) is 0. The summed E-state index contributed by atoms with van der Waals surface area (Å²) in [6.45, 7) is 8.29. The first-order chi connectivity index (χ1) is 22.3. The van der Waals surface area contributed by atoms with Crippen LogP contribution in [0.2, 0.25) is 0 Å². The van der Waals surface area contributed by atoms with Crippen LogP contribution in [-0.4, -0.2) is 24.6 Å². The molecule has 0 radical (unpaired) electrons. The summed E-state index contributed by atoms with van der Waals surface area (Å²) in [7, 11) is 0.